The summed E-state index contributed by atoms with van der Waals surface area (Å²) in [6, 6.07) is 23.5. The summed E-state index contributed by atoms with van der Waals surface area (Å²) in [4.78, 5) is 14.9. The van der Waals surface area contributed by atoms with Crippen molar-refractivity contribution < 1.29 is 4.79 Å². The maximum absolute atomic E-state index is 12.7. The molecule has 0 saturated heterocycles. The monoisotopic (exact) mass is 358 g/mol. The Morgan fingerprint density at radius 2 is 1.81 bits per heavy atom. The highest BCUT2D eigenvalue weighted by Gasteiger charge is 2.26. The second-order valence-electron chi connectivity index (χ2n) is 7.53. The van der Waals surface area contributed by atoms with Crippen LogP contribution in [0.1, 0.15) is 42.1 Å². The molecule has 0 unspecified atom stereocenters. The largest absolute Gasteiger partial charge is 0.348 e. The van der Waals surface area contributed by atoms with Crippen molar-refractivity contribution in [2.45, 2.75) is 31.8 Å². The molecule has 0 bridgehead atoms. The predicted molar refractivity (Wildman–Crippen MR) is 111 cm³/mol. The second kappa shape index (κ2) is 7.53. The van der Waals surface area contributed by atoms with Gasteiger partial charge in [0.2, 0.25) is 5.91 Å². The van der Waals surface area contributed by atoms with Gasteiger partial charge in [0, 0.05) is 6.04 Å². The average molecular weight is 358 g/mol. The van der Waals surface area contributed by atoms with Crippen molar-refractivity contribution in [1.29, 1.82) is 0 Å². The number of benzene rings is 3. The second-order valence-corrected chi connectivity index (χ2v) is 7.53. The number of amides is 1. The van der Waals surface area contributed by atoms with Crippen LogP contribution in [-0.2, 0) is 11.2 Å². The first-order valence-electron chi connectivity index (χ1n) is 9.68. The van der Waals surface area contributed by atoms with Gasteiger partial charge >= 0.3 is 0 Å². The SMILES string of the molecule is C[C@H](NC(=O)CN(C)[C@@H]1CCc2ccccc21)c1cccc2ccccc12. The van der Waals surface area contributed by atoms with Crippen molar-refractivity contribution in [1.82, 2.24) is 10.2 Å². The molecule has 0 aromatic heterocycles. The van der Waals surface area contributed by atoms with E-state index in [9.17, 15) is 4.79 Å². The van der Waals surface area contributed by atoms with Crippen LogP contribution in [0.5, 0.6) is 0 Å². The summed E-state index contributed by atoms with van der Waals surface area (Å²) in [7, 11) is 2.05. The molecule has 0 saturated carbocycles. The van der Waals surface area contributed by atoms with E-state index in [1.807, 2.05) is 12.1 Å². The molecular weight excluding hydrogens is 332 g/mol. The minimum absolute atomic E-state index is 0.0205. The van der Waals surface area contributed by atoms with E-state index < -0.39 is 0 Å². The van der Waals surface area contributed by atoms with Crippen LogP contribution in [0.3, 0.4) is 0 Å². The lowest BCUT2D eigenvalue weighted by atomic mass is 9.99. The van der Waals surface area contributed by atoms with Crippen LogP contribution in [0.2, 0.25) is 0 Å². The summed E-state index contributed by atoms with van der Waals surface area (Å²) in [6.07, 6.45) is 2.18. The van der Waals surface area contributed by atoms with Gasteiger partial charge in [0.05, 0.1) is 12.6 Å². The number of likely N-dealkylation sites (N-methyl/N-ethyl adjacent to an activating group) is 1. The van der Waals surface area contributed by atoms with Crippen LogP contribution < -0.4 is 5.32 Å². The van der Waals surface area contributed by atoms with Gasteiger partial charge in [0.1, 0.15) is 0 Å². The zero-order valence-corrected chi connectivity index (χ0v) is 16.0. The summed E-state index contributed by atoms with van der Waals surface area (Å²) < 4.78 is 0. The fourth-order valence-electron chi connectivity index (χ4n) is 4.32. The highest BCUT2D eigenvalue weighted by atomic mass is 16.2. The number of aryl methyl sites for hydroxylation is 1. The van der Waals surface area contributed by atoms with Gasteiger partial charge in [-0.25, -0.2) is 0 Å². The first-order chi connectivity index (χ1) is 13.1. The fourth-order valence-corrected chi connectivity index (χ4v) is 4.32. The Hall–Kier alpha value is -2.65. The molecule has 0 radical (unpaired) electrons. The predicted octanol–water partition coefficient (Wildman–Crippen LogP) is 4.64. The molecule has 3 nitrogen and oxygen atoms in total. The zero-order chi connectivity index (χ0) is 18.8. The first kappa shape index (κ1) is 17.7. The van der Waals surface area contributed by atoms with Gasteiger partial charge in [-0.15, -0.1) is 0 Å². The van der Waals surface area contributed by atoms with Crippen molar-refractivity contribution in [3.05, 3.63) is 83.4 Å². The Morgan fingerprint density at radius 3 is 2.70 bits per heavy atom. The van der Waals surface area contributed by atoms with E-state index in [0.717, 1.165) is 18.4 Å². The van der Waals surface area contributed by atoms with Crippen LogP contribution in [-0.4, -0.2) is 24.4 Å². The molecule has 3 aromatic rings. The van der Waals surface area contributed by atoms with Gasteiger partial charge in [-0.1, -0.05) is 66.7 Å². The Labute approximate surface area is 161 Å². The molecule has 0 heterocycles. The molecule has 1 aliphatic carbocycles. The lowest BCUT2D eigenvalue weighted by Crippen LogP contribution is -2.37. The Balaban J connectivity index is 1.43. The molecule has 3 aromatic carbocycles. The third-order valence-corrected chi connectivity index (χ3v) is 5.69. The Morgan fingerprint density at radius 1 is 1.07 bits per heavy atom. The van der Waals surface area contributed by atoms with Gasteiger partial charge in [-0.2, -0.15) is 0 Å². The third-order valence-electron chi connectivity index (χ3n) is 5.69. The smallest absolute Gasteiger partial charge is 0.234 e. The summed E-state index contributed by atoms with van der Waals surface area (Å²) in [5.74, 6) is 0.0716. The molecule has 2 atom stereocenters. The van der Waals surface area contributed by atoms with Gasteiger partial charge in [-0.05, 0) is 54.3 Å². The molecule has 0 aliphatic heterocycles. The van der Waals surface area contributed by atoms with Crippen LogP contribution in [0.25, 0.3) is 10.8 Å². The first-order valence-corrected chi connectivity index (χ1v) is 9.68. The highest BCUT2D eigenvalue weighted by Crippen LogP contribution is 2.34. The van der Waals surface area contributed by atoms with Crippen LogP contribution in [0, 0.1) is 0 Å². The van der Waals surface area contributed by atoms with E-state index in [0.29, 0.717) is 12.6 Å². The topological polar surface area (TPSA) is 32.3 Å². The number of rotatable bonds is 5. The molecule has 4 rings (SSSR count). The molecular formula is C24H26N2O. The van der Waals surface area contributed by atoms with E-state index in [1.54, 1.807) is 0 Å². The number of nitrogens with one attached hydrogen (secondary N) is 1. The minimum Gasteiger partial charge on any atom is -0.348 e. The van der Waals surface area contributed by atoms with E-state index in [1.165, 1.54) is 21.9 Å². The lowest BCUT2D eigenvalue weighted by Gasteiger charge is -2.25. The molecule has 3 heteroatoms. The normalized spacial score (nSPS) is 17.1. The van der Waals surface area contributed by atoms with E-state index in [-0.39, 0.29) is 11.9 Å². The maximum atomic E-state index is 12.7. The minimum atomic E-state index is -0.0205. The van der Waals surface area contributed by atoms with Crippen LogP contribution >= 0.6 is 0 Å². The van der Waals surface area contributed by atoms with Gasteiger partial charge in [0.25, 0.3) is 0 Å². The third kappa shape index (κ3) is 3.60. The standard InChI is InChI=1S/C24H26N2O/c1-17(20-13-7-10-18-8-3-5-11-21(18)20)25-24(27)16-26(2)23-15-14-19-9-4-6-12-22(19)23/h3-13,17,23H,14-16H2,1-2H3,(H,25,27)/t17-,23+/m0/s1. The van der Waals surface area contributed by atoms with Crippen molar-refractivity contribution >= 4 is 16.7 Å². The maximum Gasteiger partial charge on any atom is 0.234 e. The fraction of sp³-hybridized carbons (Fsp3) is 0.292. The molecule has 138 valence electrons. The molecule has 1 aliphatic rings. The van der Waals surface area contributed by atoms with Crippen LogP contribution in [0.15, 0.2) is 66.7 Å². The van der Waals surface area contributed by atoms with E-state index in [4.69, 9.17) is 0 Å². The van der Waals surface area contributed by atoms with Crippen molar-refractivity contribution in [3.63, 3.8) is 0 Å². The van der Waals surface area contributed by atoms with E-state index in [2.05, 4.69) is 78.8 Å². The van der Waals surface area contributed by atoms with Crippen molar-refractivity contribution in [2.24, 2.45) is 0 Å². The summed E-state index contributed by atoms with van der Waals surface area (Å²) >= 11 is 0. The summed E-state index contributed by atoms with van der Waals surface area (Å²) in [6.45, 7) is 2.47. The summed E-state index contributed by atoms with van der Waals surface area (Å²) in [5, 5.41) is 5.59. The van der Waals surface area contributed by atoms with Crippen molar-refractivity contribution in [3.8, 4) is 0 Å². The quantitative estimate of drug-likeness (QED) is 0.721. The summed E-state index contributed by atoms with van der Waals surface area (Å²) in [5.41, 5.74) is 3.95. The molecule has 0 spiro atoms. The lowest BCUT2D eigenvalue weighted by molar-refractivity contribution is -0.123. The van der Waals surface area contributed by atoms with E-state index >= 15 is 0 Å². The van der Waals surface area contributed by atoms with Crippen LogP contribution in [0.4, 0.5) is 0 Å². The Kier molecular flexibility index (Phi) is 4.95. The average Bonchev–Trinajstić information content (AvgIpc) is 3.11. The number of hydrogen-bond donors (Lipinski definition) is 1. The van der Waals surface area contributed by atoms with Gasteiger partial charge < -0.3 is 5.32 Å². The molecule has 27 heavy (non-hydrogen) atoms. The number of carbonyl (C=O) groups is 1. The molecule has 0 fully saturated rings. The number of carbonyl (C=O) groups excluding carboxylic acids is 1. The van der Waals surface area contributed by atoms with Gasteiger partial charge in [0.15, 0.2) is 0 Å². The molecule has 1 N–H and O–H groups in total. The van der Waals surface area contributed by atoms with Gasteiger partial charge in [-0.3, -0.25) is 9.69 Å². The number of fused-ring (bicyclic) bond motifs is 2. The number of hydrogen-bond acceptors (Lipinski definition) is 2. The zero-order valence-electron chi connectivity index (χ0n) is 16.0. The highest BCUT2D eigenvalue weighted by molar-refractivity contribution is 5.87. The Bertz CT molecular complexity index is 960. The molecule has 1 amide bonds. The number of nitrogens with zero attached hydrogens (tertiary/aromatic N) is 1. The van der Waals surface area contributed by atoms with Crippen molar-refractivity contribution in [2.75, 3.05) is 13.6 Å².